The van der Waals surface area contributed by atoms with Crippen molar-refractivity contribution in [3.63, 3.8) is 0 Å². The SMILES string of the molecule is COc1ccccc1C(O)c1c(F)cc(F)cc1F. The van der Waals surface area contributed by atoms with E-state index in [2.05, 4.69) is 0 Å². The molecule has 0 amide bonds. The zero-order valence-corrected chi connectivity index (χ0v) is 10.0. The molecule has 2 aromatic rings. The molecule has 0 fully saturated rings. The second-order valence-electron chi connectivity index (χ2n) is 3.93. The molecule has 0 saturated heterocycles. The van der Waals surface area contributed by atoms with Gasteiger partial charge in [-0.05, 0) is 6.07 Å². The summed E-state index contributed by atoms with van der Waals surface area (Å²) in [6.45, 7) is 0. The zero-order valence-electron chi connectivity index (χ0n) is 10.0. The van der Waals surface area contributed by atoms with Gasteiger partial charge in [0.15, 0.2) is 0 Å². The van der Waals surface area contributed by atoms with Gasteiger partial charge in [0.25, 0.3) is 0 Å². The standard InChI is InChI=1S/C14H11F3O2/c1-19-12-5-3-2-4-9(12)14(18)13-10(16)6-8(15)7-11(13)17/h2-7,14,18H,1H3. The van der Waals surface area contributed by atoms with Crippen molar-refractivity contribution in [1.29, 1.82) is 0 Å². The summed E-state index contributed by atoms with van der Waals surface area (Å²) >= 11 is 0. The van der Waals surface area contributed by atoms with E-state index >= 15 is 0 Å². The van der Waals surface area contributed by atoms with Gasteiger partial charge in [0.2, 0.25) is 0 Å². The average Bonchev–Trinajstić information content (AvgIpc) is 2.37. The van der Waals surface area contributed by atoms with Crippen LogP contribution in [0, 0.1) is 17.5 Å². The molecule has 0 bridgehead atoms. The van der Waals surface area contributed by atoms with E-state index in [4.69, 9.17) is 4.74 Å². The summed E-state index contributed by atoms with van der Waals surface area (Å²) in [6, 6.07) is 7.34. The highest BCUT2D eigenvalue weighted by atomic mass is 19.1. The zero-order chi connectivity index (χ0) is 14.0. The van der Waals surface area contributed by atoms with Crippen LogP contribution in [-0.4, -0.2) is 12.2 Å². The van der Waals surface area contributed by atoms with Crippen LogP contribution < -0.4 is 4.74 Å². The number of para-hydroxylation sites is 1. The van der Waals surface area contributed by atoms with E-state index in [1.54, 1.807) is 18.2 Å². The van der Waals surface area contributed by atoms with Gasteiger partial charge < -0.3 is 9.84 Å². The van der Waals surface area contributed by atoms with Gasteiger partial charge in [0.05, 0.1) is 12.7 Å². The molecular formula is C14H11F3O2. The second-order valence-corrected chi connectivity index (χ2v) is 3.93. The fraction of sp³-hybridized carbons (Fsp3) is 0.143. The van der Waals surface area contributed by atoms with Crippen LogP contribution in [0.4, 0.5) is 13.2 Å². The molecule has 5 heteroatoms. The Morgan fingerprint density at radius 1 is 1.05 bits per heavy atom. The predicted octanol–water partition coefficient (Wildman–Crippen LogP) is 3.19. The van der Waals surface area contributed by atoms with Crippen LogP contribution in [-0.2, 0) is 0 Å². The summed E-state index contributed by atoms with van der Waals surface area (Å²) in [5.41, 5.74) is -0.402. The average molecular weight is 268 g/mol. The topological polar surface area (TPSA) is 29.5 Å². The van der Waals surface area contributed by atoms with E-state index in [9.17, 15) is 18.3 Å². The van der Waals surface area contributed by atoms with Crippen LogP contribution in [0.5, 0.6) is 5.75 Å². The first-order chi connectivity index (χ1) is 9.04. The molecule has 1 unspecified atom stereocenters. The van der Waals surface area contributed by atoms with E-state index in [1.807, 2.05) is 0 Å². The number of rotatable bonds is 3. The number of ether oxygens (including phenoxy) is 1. The van der Waals surface area contributed by atoms with Crippen molar-refractivity contribution in [2.75, 3.05) is 7.11 Å². The Kier molecular flexibility index (Phi) is 3.76. The quantitative estimate of drug-likeness (QED) is 0.926. The highest BCUT2D eigenvalue weighted by Gasteiger charge is 2.23. The van der Waals surface area contributed by atoms with Crippen LogP contribution in [0.15, 0.2) is 36.4 Å². The minimum absolute atomic E-state index is 0.203. The maximum absolute atomic E-state index is 13.6. The van der Waals surface area contributed by atoms with Crippen molar-refractivity contribution in [3.05, 3.63) is 65.0 Å². The molecule has 19 heavy (non-hydrogen) atoms. The van der Waals surface area contributed by atoms with E-state index in [-0.39, 0.29) is 11.3 Å². The molecule has 0 saturated carbocycles. The van der Waals surface area contributed by atoms with Crippen LogP contribution in [0.25, 0.3) is 0 Å². The Labute approximate surface area is 108 Å². The number of hydrogen-bond acceptors (Lipinski definition) is 2. The molecular weight excluding hydrogens is 257 g/mol. The van der Waals surface area contributed by atoms with Gasteiger partial charge in [-0.3, -0.25) is 0 Å². The lowest BCUT2D eigenvalue weighted by atomic mass is 9.99. The van der Waals surface area contributed by atoms with Crippen LogP contribution in [0.3, 0.4) is 0 Å². The first kappa shape index (κ1) is 13.4. The van der Waals surface area contributed by atoms with Crippen LogP contribution in [0.1, 0.15) is 17.2 Å². The summed E-state index contributed by atoms with van der Waals surface area (Å²) < 4.78 is 45.1. The van der Waals surface area contributed by atoms with Crippen LogP contribution in [0.2, 0.25) is 0 Å². The maximum atomic E-state index is 13.6. The van der Waals surface area contributed by atoms with Gasteiger partial charge in [-0.1, -0.05) is 18.2 Å². The predicted molar refractivity (Wildman–Crippen MR) is 63.4 cm³/mol. The first-order valence-corrected chi connectivity index (χ1v) is 5.50. The van der Waals surface area contributed by atoms with Gasteiger partial charge in [0, 0.05) is 17.7 Å². The van der Waals surface area contributed by atoms with Crippen molar-refractivity contribution in [2.24, 2.45) is 0 Å². The van der Waals surface area contributed by atoms with Crippen LogP contribution >= 0.6 is 0 Å². The molecule has 0 radical (unpaired) electrons. The minimum atomic E-state index is -1.57. The van der Waals surface area contributed by atoms with E-state index < -0.39 is 29.1 Å². The Hall–Kier alpha value is -2.01. The monoisotopic (exact) mass is 268 g/mol. The largest absolute Gasteiger partial charge is 0.496 e. The number of benzene rings is 2. The Balaban J connectivity index is 2.53. The fourth-order valence-corrected chi connectivity index (χ4v) is 1.86. The third-order valence-electron chi connectivity index (χ3n) is 2.75. The first-order valence-electron chi connectivity index (χ1n) is 5.50. The lowest BCUT2D eigenvalue weighted by molar-refractivity contribution is 0.203. The Morgan fingerprint density at radius 2 is 1.63 bits per heavy atom. The summed E-state index contributed by atoms with van der Waals surface area (Å²) in [5.74, 6) is -3.03. The normalized spacial score (nSPS) is 12.3. The summed E-state index contributed by atoms with van der Waals surface area (Å²) in [7, 11) is 1.38. The lowest BCUT2D eigenvalue weighted by Crippen LogP contribution is -2.08. The molecule has 2 aromatic carbocycles. The molecule has 0 aliphatic rings. The molecule has 0 aliphatic carbocycles. The van der Waals surface area contributed by atoms with Gasteiger partial charge >= 0.3 is 0 Å². The smallest absolute Gasteiger partial charge is 0.135 e. The molecule has 0 spiro atoms. The fourth-order valence-electron chi connectivity index (χ4n) is 1.86. The summed E-state index contributed by atoms with van der Waals surface area (Å²) in [5, 5.41) is 10.1. The summed E-state index contributed by atoms with van der Waals surface area (Å²) in [6.07, 6.45) is -1.57. The van der Waals surface area contributed by atoms with E-state index in [0.29, 0.717) is 12.1 Å². The van der Waals surface area contributed by atoms with Gasteiger partial charge in [0.1, 0.15) is 29.3 Å². The number of halogens is 3. The molecule has 2 nitrogen and oxygen atoms in total. The van der Waals surface area contributed by atoms with Gasteiger partial charge in [-0.25, -0.2) is 13.2 Å². The Bertz CT molecular complexity index is 576. The highest BCUT2D eigenvalue weighted by Crippen LogP contribution is 2.32. The van der Waals surface area contributed by atoms with Crippen molar-refractivity contribution in [2.45, 2.75) is 6.10 Å². The van der Waals surface area contributed by atoms with Crippen molar-refractivity contribution < 1.29 is 23.0 Å². The van der Waals surface area contributed by atoms with Crippen molar-refractivity contribution in [3.8, 4) is 5.75 Å². The van der Waals surface area contributed by atoms with Gasteiger partial charge in [-0.2, -0.15) is 0 Å². The molecule has 100 valence electrons. The summed E-state index contributed by atoms with van der Waals surface area (Å²) in [4.78, 5) is 0. The number of methoxy groups -OCH3 is 1. The molecule has 1 N–H and O–H groups in total. The van der Waals surface area contributed by atoms with Crippen molar-refractivity contribution in [1.82, 2.24) is 0 Å². The molecule has 0 aromatic heterocycles. The minimum Gasteiger partial charge on any atom is -0.496 e. The molecule has 0 heterocycles. The molecule has 2 rings (SSSR count). The number of hydrogen-bond donors (Lipinski definition) is 1. The third kappa shape index (κ3) is 2.56. The van der Waals surface area contributed by atoms with Gasteiger partial charge in [-0.15, -0.1) is 0 Å². The highest BCUT2D eigenvalue weighted by molar-refractivity contribution is 5.41. The third-order valence-corrected chi connectivity index (χ3v) is 2.75. The van der Waals surface area contributed by atoms with Crippen molar-refractivity contribution >= 4 is 0 Å². The molecule has 1 atom stereocenters. The lowest BCUT2D eigenvalue weighted by Gasteiger charge is -2.16. The molecule has 0 aliphatic heterocycles. The van der Waals surface area contributed by atoms with E-state index in [0.717, 1.165) is 0 Å². The number of aliphatic hydroxyl groups is 1. The Morgan fingerprint density at radius 3 is 2.21 bits per heavy atom. The maximum Gasteiger partial charge on any atom is 0.135 e. The second kappa shape index (κ2) is 5.32. The van der Waals surface area contributed by atoms with E-state index in [1.165, 1.54) is 13.2 Å². The number of aliphatic hydroxyl groups excluding tert-OH is 1.